The van der Waals surface area contributed by atoms with Crippen LogP contribution in [0.4, 0.5) is 0 Å². The molecule has 0 aromatic rings. The van der Waals surface area contributed by atoms with Crippen molar-refractivity contribution in [3.8, 4) is 0 Å². The van der Waals surface area contributed by atoms with E-state index in [0.29, 0.717) is 0 Å². The average Bonchev–Trinajstić information content (AvgIpc) is 2.67. The largest absolute Gasteiger partial charge is 0.381 e. The van der Waals surface area contributed by atoms with E-state index >= 15 is 0 Å². The third-order valence-electron chi connectivity index (χ3n) is 6.63. The Morgan fingerprint density at radius 3 is 0.741 bits per heavy atom. The van der Waals surface area contributed by atoms with Crippen molar-refractivity contribution >= 4 is 0 Å². The first-order chi connectivity index (χ1) is 12.5. The van der Waals surface area contributed by atoms with Gasteiger partial charge in [-0.05, 0) is 41.9 Å². The molecular weight excluding hydrogens is 360 g/mol. The van der Waals surface area contributed by atoms with Gasteiger partial charge in [0.25, 0.3) is 0 Å². The van der Waals surface area contributed by atoms with Crippen LogP contribution in [0, 0.1) is 0 Å². The fourth-order valence-corrected chi connectivity index (χ4v) is 4.09. The van der Waals surface area contributed by atoms with Crippen molar-refractivity contribution in [3.63, 3.8) is 0 Å². The fraction of sp³-hybridized carbons (Fsp3) is 1.00. The van der Waals surface area contributed by atoms with Crippen LogP contribution < -0.4 is 0 Å². The van der Waals surface area contributed by atoms with Crippen LogP contribution in [0.3, 0.4) is 0 Å². The Hall–Kier alpha value is -0.480. The first-order valence-corrected chi connectivity index (χ1v) is 8.65. The molecular formula is C15H36N6O6. The molecule has 1 saturated heterocycles. The summed E-state index contributed by atoms with van der Waals surface area (Å²) in [7, 11) is 5.18. The third kappa shape index (κ3) is 3.29. The summed E-state index contributed by atoms with van der Waals surface area (Å²) in [4.78, 5) is 9.43. The molecule has 0 saturated carbocycles. The van der Waals surface area contributed by atoms with Crippen LogP contribution in [0.15, 0.2) is 0 Å². The molecule has 0 spiro atoms. The molecule has 27 heavy (non-hydrogen) atoms. The van der Waals surface area contributed by atoms with Crippen LogP contribution in [0.1, 0.15) is 20.8 Å². The van der Waals surface area contributed by atoms with Gasteiger partial charge < -0.3 is 30.6 Å². The van der Waals surface area contributed by atoms with Gasteiger partial charge in [-0.3, -0.25) is 0 Å². The van der Waals surface area contributed by atoms with E-state index in [4.69, 9.17) is 0 Å². The zero-order chi connectivity index (χ0) is 21.2. The highest BCUT2D eigenvalue weighted by molar-refractivity contribution is 5.04. The zero-order valence-corrected chi connectivity index (χ0v) is 17.1. The second-order valence-corrected chi connectivity index (χ2v) is 7.06. The van der Waals surface area contributed by atoms with Gasteiger partial charge in [-0.25, -0.2) is 29.4 Å². The number of rotatable bonds is 9. The topological polar surface area (TPSA) is 141 Å². The molecule has 0 radical (unpaired) electrons. The molecule has 1 aliphatic heterocycles. The van der Waals surface area contributed by atoms with Crippen molar-refractivity contribution in [1.82, 2.24) is 29.4 Å². The molecule has 0 amide bonds. The monoisotopic (exact) mass is 396 g/mol. The Morgan fingerprint density at radius 1 is 0.481 bits per heavy atom. The molecule has 1 fully saturated rings. The van der Waals surface area contributed by atoms with E-state index in [1.165, 1.54) is 14.7 Å². The van der Waals surface area contributed by atoms with Crippen molar-refractivity contribution in [2.45, 2.75) is 38.1 Å². The van der Waals surface area contributed by atoms with Crippen molar-refractivity contribution in [3.05, 3.63) is 0 Å². The number of aliphatic hydroxyl groups excluding tert-OH is 6. The van der Waals surface area contributed by atoms with Gasteiger partial charge in [0, 0.05) is 0 Å². The summed E-state index contributed by atoms with van der Waals surface area (Å²) in [6.07, 6.45) is 0. The summed E-state index contributed by atoms with van der Waals surface area (Å²) in [5.41, 5.74) is 0. The Kier molecular flexibility index (Phi) is 8.10. The van der Waals surface area contributed by atoms with Gasteiger partial charge >= 0.3 is 0 Å². The van der Waals surface area contributed by atoms with E-state index in [-0.39, 0.29) is 0 Å². The maximum Gasteiger partial charge on any atom is 0.136 e. The summed E-state index contributed by atoms with van der Waals surface area (Å²) < 4.78 is 0. The van der Waals surface area contributed by atoms with Crippen molar-refractivity contribution in [1.29, 1.82) is 0 Å². The van der Waals surface area contributed by atoms with Crippen molar-refractivity contribution < 1.29 is 30.6 Å². The van der Waals surface area contributed by atoms with E-state index in [0.717, 1.165) is 0 Å². The predicted octanol–water partition coefficient (Wildman–Crippen LogP) is -3.58. The quantitative estimate of drug-likeness (QED) is 0.215. The maximum absolute atomic E-state index is 9.87. The highest BCUT2D eigenvalue weighted by Gasteiger charge is 2.64. The molecule has 0 atom stereocenters. The fourth-order valence-electron chi connectivity index (χ4n) is 4.09. The highest BCUT2D eigenvalue weighted by atomic mass is 16.3. The molecule has 12 nitrogen and oxygen atoms in total. The van der Waals surface area contributed by atoms with Gasteiger partial charge in [-0.1, -0.05) is 0 Å². The third-order valence-corrected chi connectivity index (χ3v) is 6.63. The van der Waals surface area contributed by atoms with Crippen LogP contribution in [0.5, 0.6) is 0 Å². The van der Waals surface area contributed by atoms with E-state index in [1.54, 1.807) is 56.6 Å². The lowest BCUT2D eigenvalue weighted by Crippen LogP contribution is -2.91. The van der Waals surface area contributed by atoms with Gasteiger partial charge in [0.1, 0.15) is 57.7 Å². The summed E-state index contributed by atoms with van der Waals surface area (Å²) in [5, 5.41) is 59.2. The maximum atomic E-state index is 9.87. The minimum atomic E-state index is -1.15. The summed E-state index contributed by atoms with van der Waals surface area (Å²) in [5.74, 6) is -3.44. The van der Waals surface area contributed by atoms with Gasteiger partial charge in [0.05, 0.1) is 0 Å². The van der Waals surface area contributed by atoms with Gasteiger partial charge in [0.15, 0.2) is 0 Å². The molecule has 1 heterocycles. The predicted molar refractivity (Wildman–Crippen MR) is 96.5 cm³/mol. The molecule has 0 aromatic heterocycles. The Balaban J connectivity index is 3.79. The van der Waals surface area contributed by atoms with Crippen LogP contribution in [-0.2, 0) is 0 Å². The molecule has 6 N–H and O–H groups in total. The van der Waals surface area contributed by atoms with Crippen LogP contribution >= 0.6 is 0 Å². The van der Waals surface area contributed by atoms with Gasteiger partial charge in [-0.15, -0.1) is 0 Å². The number of nitrogens with zero attached hydrogens (tertiary/aromatic N) is 6. The molecule has 1 aliphatic rings. The second kappa shape index (κ2) is 8.90. The van der Waals surface area contributed by atoms with E-state index < -0.39 is 57.7 Å². The SMILES string of the molecule is CN1C(C)(N(CO)CO)N(C)C(C)(N(CO)CO)N(C)C1(C)N(CO)CO. The summed E-state index contributed by atoms with van der Waals surface area (Å²) in [6.45, 7) is 2.39. The highest BCUT2D eigenvalue weighted by Crippen LogP contribution is 2.46. The number of hydrogen-bond acceptors (Lipinski definition) is 12. The molecule has 1 rings (SSSR count). The van der Waals surface area contributed by atoms with E-state index in [1.807, 2.05) is 0 Å². The molecule has 0 bridgehead atoms. The summed E-state index contributed by atoms with van der Waals surface area (Å²) in [6, 6.07) is 0. The minimum absolute atomic E-state index is 0.478. The lowest BCUT2D eigenvalue weighted by molar-refractivity contribution is -0.404. The van der Waals surface area contributed by atoms with Crippen molar-refractivity contribution in [2.24, 2.45) is 0 Å². The van der Waals surface area contributed by atoms with Crippen molar-refractivity contribution in [2.75, 3.05) is 61.5 Å². The molecule has 0 unspecified atom stereocenters. The van der Waals surface area contributed by atoms with Crippen LogP contribution in [0.25, 0.3) is 0 Å². The molecule has 162 valence electrons. The Bertz CT molecular complexity index is 395. The zero-order valence-electron chi connectivity index (χ0n) is 17.1. The van der Waals surface area contributed by atoms with E-state index in [9.17, 15) is 30.6 Å². The molecule has 12 heteroatoms. The first-order valence-electron chi connectivity index (χ1n) is 8.65. The lowest BCUT2D eigenvalue weighted by atomic mass is 10.0. The molecule has 0 aliphatic carbocycles. The Labute approximate surface area is 160 Å². The summed E-state index contributed by atoms with van der Waals surface area (Å²) >= 11 is 0. The smallest absolute Gasteiger partial charge is 0.136 e. The lowest BCUT2D eigenvalue weighted by Gasteiger charge is -2.72. The van der Waals surface area contributed by atoms with E-state index in [2.05, 4.69) is 0 Å². The normalized spacial score (nSPS) is 34.3. The van der Waals surface area contributed by atoms with Crippen LogP contribution in [-0.4, -0.2) is 139 Å². The number of hydrogen-bond donors (Lipinski definition) is 6. The second-order valence-electron chi connectivity index (χ2n) is 7.06. The number of aliphatic hydroxyl groups is 6. The molecule has 0 aromatic carbocycles. The first kappa shape index (κ1) is 24.6. The van der Waals surface area contributed by atoms with Gasteiger partial charge in [-0.2, -0.15) is 0 Å². The minimum Gasteiger partial charge on any atom is -0.381 e. The van der Waals surface area contributed by atoms with Gasteiger partial charge in [0.2, 0.25) is 0 Å². The average molecular weight is 396 g/mol. The standard InChI is InChI=1S/C15H36N6O6/c1-13(19(7-22)8-23)16(4)14(2,20(9-24)10-25)18(6)15(3,17(13)5)21(11-26)12-27/h22-27H,7-12H2,1-6H3. The Morgan fingerprint density at radius 2 is 0.630 bits per heavy atom. The van der Waals surface area contributed by atoms with Crippen LogP contribution in [0.2, 0.25) is 0 Å².